The van der Waals surface area contributed by atoms with Gasteiger partial charge in [-0.2, -0.15) is 0 Å². The summed E-state index contributed by atoms with van der Waals surface area (Å²) in [6.07, 6.45) is 2.34. The minimum Gasteiger partial charge on any atom is -0.497 e. The number of carbonyl (C=O) groups excluding carboxylic acids is 2. The molecule has 4 aromatic carbocycles. The summed E-state index contributed by atoms with van der Waals surface area (Å²) in [6, 6.07) is 22.7. The van der Waals surface area contributed by atoms with Crippen LogP contribution in [-0.2, 0) is 0 Å². The zero-order valence-corrected chi connectivity index (χ0v) is 34.9. The van der Waals surface area contributed by atoms with Crippen LogP contribution in [0.1, 0.15) is 58.5 Å². The number of hydrogen-bond donors (Lipinski definition) is 0. The monoisotopic (exact) mass is 786 g/mol. The van der Waals surface area contributed by atoms with E-state index in [9.17, 15) is 9.59 Å². The van der Waals surface area contributed by atoms with Crippen LogP contribution in [0, 0.1) is 13.8 Å². The fraction of sp³-hybridized carbons (Fsp3) is 0.391. The minimum atomic E-state index is 0.0591. The van der Waals surface area contributed by atoms with Crippen molar-refractivity contribution < 1.29 is 27.9 Å². The van der Waals surface area contributed by atoms with Gasteiger partial charge in [-0.1, -0.05) is 31.0 Å². The molecule has 0 unspecified atom stereocenters. The van der Waals surface area contributed by atoms with Crippen molar-refractivity contribution in [3.63, 3.8) is 0 Å². The highest BCUT2D eigenvalue weighted by atomic mass is 16.5. The maximum absolute atomic E-state index is 13.1. The zero-order chi connectivity index (χ0) is 41.1. The first-order valence-corrected chi connectivity index (χ1v) is 20.1. The van der Waals surface area contributed by atoms with Gasteiger partial charge in [0.15, 0.2) is 11.2 Å². The molecule has 1 saturated carbocycles. The molecule has 2 amide bonds. The standard InChI is InChI=1S/C23H25N3O4.C21H23N3O2.C2H6/c1-25-8-9-26(14-23(25)6-7-23)22(27)15-4-5-20-19(12-15)24-21(30-20)16-10-17(28-2)13-18(11-16)29-3;1-14-10-15(2)12-17(11-14)20-22-18-13-16(4-5-19(18)26-20)21(25)24-8-6-23(3)7-9-24;1-2/h4-5,10-13H,6-9,14H2,1-3H3;4-5,10-13H,6-9H2,1-3H3;1-2H3. The number of nitrogens with zero attached hydrogens (tertiary/aromatic N) is 6. The van der Waals surface area contributed by atoms with Crippen LogP contribution in [0.4, 0.5) is 0 Å². The number of hydrogen-bond acceptors (Lipinski definition) is 10. The number of fused-ring (bicyclic) bond motifs is 2. The highest BCUT2D eigenvalue weighted by Gasteiger charge is 2.50. The molecule has 3 fully saturated rings. The number of carbonyl (C=O) groups is 2. The van der Waals surface area contributed by atoms with Gasteiger partial charge in [0.1, 0.15) is 22.5 Å². The third-order valence-corrected chi connectivity index (χ3v) is 11.2. The van der Waals surface area contributed by atoms with Gasteiger partial charge in [0.25, 0.3) is 11.8 Å². The largest absolute Gasteiger partial charge is 0.497 e. The topological polar surface area (TPSA) is 118 Å². The van der Waals surface area contributed by atoms with Crippen molar-refractivity contribution in [2.75, 3.05) is 74.1 Å². The van der Waals surface area contributed by atoms with Gasteiger partial charge in [-0.05, 0) is 101 Å². The maximum Gasteiger partial charge on any atom is 0.254 e. The van der Waals surface area contributed by atoms with Gasteiger partial charge < -0.3 is 33.0 Å². The number of rotatable bonds is 6. The molecule has 2 aliphatic heterocycles. The summed E-state index contributed by atoms with van der Waals surface area (Å²) in [4.78, 5) is 43.6. The van der Waals surface area contributed by atoms with Gasteiger partial charge >= 0.3 is 0 Å². The van der Waals surface area contributed by atoms with Crippen molar-refractivity contribution >= 4 is 34.0 Å². The Bertz CT molecular complexity index is 2380. The zero-order valence-electron chi connectivity index (χ0n) is 34.9. The molecule has 1 aliphatic carbocycles. The summed E-state index contributed by atoms with van der Waals surface area (Å²) < 4.78 is 22.5. The smallest absolute Gasteiger partial charge is 0.254 e. The second-order valence-electron chi connectivity index (χ2n) is 15.3. The van der Waals surface area contributed by atoms with Gasteiger partial charge in [0.05, 0.1) is 14.2 Å². The highest BCUT2D eigenvalue weighted by molar-refractivity contribution is 5.98. The molecule has 0 atom stereocenters. The Labute approximate surface area is 340 Å². The SMILES string of the molecule is CC.COc1cc(OC)cc(-c2nc3cc(C(=O)N4CCN(C)C5(CC5)C4)ccc3o2)c1.Cc1cc(C)cc(-c2nc3cc(C(=O)N4CCN(C)CC4)ccc3o2)c1. The van der Waals surface area contributed by atoms with Gasteiger partial charge in [-0.3, -0.25) is 14.5 Å². The van der Waals surface area contributed by atoms with Gasteiger partial charge in [-0.15, -0.1) is 0 Å². The molecule has 12 heteroatoms. The Kier molecular flexibility index (Phi) is 11.9. The van der Waals surface area contributed by atoms with E-state index in [0.717, 1.165) is 62.5 Å². The molecule has 9 rings (SSSR count). The number of likely N-dealkylation sites (N-methyl/N-ethyl adjacent to an activating group) is 2. The van der Waals surface area contributed by atoms with E-state index in [4.69, 9.17) is 18.3 Å². The summed E-state index contributed by atoms with van der Waals surface area (Å²) in [5.41, 5.74) is 8.30. The third-order valence-electron chi connectivity index (χ3n) is 11.2. The third kappa shape index (κ3) is 8.58. The number of amides is 2. The predicted octanol–water partition coefficient (Wildman–Crippen LogP) is 7.96. The van der Waals surface area contributed by atoms with E-state index >= 15 is 0 Å². The molecular formula is C46H54N6O6. The predicted molar refractivity (Wildman–Crippen MR) is 227 cm³/mol. The quantitative estimate of drug-likeness (QED) is 0.165. The van der Waals surface area contributed by atoms with Crippen molar-refractivity contribution in [2.45, 2.75) is 46.1 Å². The average Bonchev–Trinajstić information content (AvgIpc) is 3.66. The van der Waals surface area contributed by atoms with Crippen LogP contribution in [0.5, 0.6) is 11.5 Å². The number of ether oxygens (including phenoxy) is 2. The van der Waals surface area contributed by atoms with Crippen molar-refractivity contribution in [3.8, 4) is 34.4 Å². The van der Waals surface area contributed by atoms with E-state index in [1.165, 1.54) is 24.0 Å². The molecular weight excluding hydrogens is 733 g/mol. The molecule has 6 aromatic rings. The van der Waals surface area contributed by atoms with Gasteiger partial charge in [0, 0.05) is 79.7 Å². The lowest BCUT2D eigenvalue weighted by molar-refractivity contribution is 0.0497. The Morgan fingerprint density at radius 2 is 1.10 bits per heavy atom. The molecule has 0 radical (unpaired) electrons. The van der Waals surface area contributed by atoms with E-state index in [1.807, 2.05) is 72.2 Å². The first-order chi connectivity index (χ1) is 28.0. The molecule has 12 nitrogen and oxygen atoms in total. The molecule has 3 aliphatic rings. The molecule has 2 aromatic heterocycles. The van der Waals surface area contributed by atoms with Crippen LogP contribution < -0.4 is 9.47 Å². The number of methoxy groups -OCH3 is 2. The summed E-state index contributed by atoms with van der Waals surface area (Å²) in [7, 11) is 7.45. The molecule has 2 saturated heterocycles. The van der Waals surface area contributed by atoms with Crippen molar-refractivity contribution in [1.29, 1.82) is 0 Å². The highest BCUT2D eigenvalue weighted by Crippen LogP contribution is 2.43. The van der Waals surface area contributed by atoms with E-state index in [0.29, 0.717) is 51.1 Å². The Morgan fingerprint density at radius 3 is 1.60 bits per heavy atom. The summed E-state index contributed by atoms with van der Waals surface area (Å²) in [5, 5.41) is 0. The van der Waals surface area contributed by atoms with Crippen molar-refractivity contribution in [2.24, 2.45) is 0 Å². The molecule has 0 N–H and O–H groups in total. The number of aromatic nitrogens is 2. The van der Waals surface area contributed by atoms with Gasteiger partial charge in [-0.25, -0.2) is 9.97 Å². The fourth-order valence-corrected chi connectivity index (χ4v) is 7.69. The lowest BCUT2D eigenvalue weighted by atomic mass is 10.1. The summed E-state index contributed by atoms with van der Waals surface area (Å²) in [5.74, 6) is 2.50. The Balaban J connectivity index is 0.000000171. The number of oxazole rings is 2. The molecule has 58 heavy (non-hydrogen) atoms. The van der Waals surface area contributed by atoms with Crippen LogP contribution >= 0.6 is 0 Å². The summed E-state index contributed by atoms with van der Waals surface area (Å²) >= 11 is 0. The minimum absolute atomic E-state index is 0.0591. The maximum atomic E-state index is 13.1. The number of benzene rings is 4. The lowest BCUT2D eigenvalue weighted by Crippen LogP contribution is -2.54. The van der Waals surface area contributed by atoms with Crippen LogP contribution in [0.15, 0.2) is 81.6 Å². The number of piperazine rings is 2. The lowest BCUT2D eigenvalue weighted by Gasteiger charge is -2.40. The van der Waals surface area contributed by atoms with Crippen LogP contribution in [-0.4, -0.2) is 121 Å². The van der Waals surface area contributed by atoms with Crippen LogP contribution in [0.3, 0.4) is 0 Å². The van der Waals surface area contributed by atoms with Crippen LogP contribution in [0.25, 0.3) is 45.1 Å². The first-order valence-electron chi connectivity index (χ1n) is 20.1. The molecule has 1 spiro atoms. The first kappa shape index (κ1) is 40.5. The van der Waals surface area contributed by atoms with Crippen LogP contribution in [0.2, 0.25) is 0 Å². The number of aryl methyl sites for hydroxylation is 2. The van der Waals surface area contributed by atoms with Gasteiger partial charge in [0.2, 0.25) is 11.8 Å². The van der Waals surface area contributed by atoms with E-state index in [2.05, 4.69) is 65.9 Å². The van der Waals surface area contributed by atoms with Crippen molar-refractivity contribution in [3.05, 3.63) is 95.1 Å². The second-order valence-corrected chi connectivity index (χ2v) is 15.3. The second kappa shape index (κ2) is 17.0. The molecule has 304 valence electrons. The van der Waals surface area contributed by atoms with E-state index in [1.54, 1.807) is 20.3 Å². The summed E-state index contributed by atoms with van der Waals surface area (Å²) in [6.45, 7) is 13.9. The molecule has 4 heterocycles. The van der Waals surface area contributed by atoms with E-state index < -0.39 is 0 Å². The molecule has 0 bridgehead atoms. The Hall–Kier alpha value is -5.72. The normalized spacial score (nSPS) is 16.4. The Morgan fingerprint density at radius 1 is 0.621 bits per heavy atom. The average molecular weight is 787 g/mol. The fourth-order valence-electron chi connectivity index (χ4n) is 7.69. The van der Waals surface area contributed by atoms with E-state index in [-0.39, 0.29) is 17.4 Å². The van der Waals surface area contributed by atoms with Crippen molar-refractivity contribution in [1.82, 2.24) is 29.6 Å².